The number of likely N-dealkylation sites (tertiary alicyclic amines) is 1. The summed E-state index contributed by atoms with van der Waals surface area (Å²) in [6.45, 7) is 5.83. The molecule has 2 amide bonds. The van der Waals surface area contributed by atoms with Gasteiger partial charge in [0.1, 0.15) is 5.75 Å². The van der Waals surface area contributed by atoms with Gasteiger partial charge in [-0.3, -0.25) is 4.79 Å². The fraction of sp³-hybridized carbons (Fsp3) is 0.556. The highest BCUT2D eigenvalue weighted by Crippen LogP contribution is 2.20. The first-order valence-electron chi connectivity index (χ1n) is 8.47. The van der Waals surface area contributed by atoms with Crippen molar-refractivity contribution in [2.45, 2.75) is 33.1 Å². The summed E-state index contributed by atoms with van der Waals surface area (Å²) in [6.07, 6.45) is 2.34. The van der Waals surface area contributed by atoms with Crippen LogP contribution in [0.5, 0.6) is 5.75 Å². The van der Waals surface area contributed by atoms with Crippen molar-refractivity contribution >= 4 is 17.7 Å². The van der Waals surface area contributed by atoms with Crippen molar-refractivity contribution < 1.29 is 19.4 Å². The second-order valence-electron chi connectivity index (χ2n) is 6.61. The summed E-state index contributed by atoms with van der Waals surface area (Å²) in [5, 5.41) is 11.9. The summed E-state index contributed by atoms with van der Waals surface area (Å²) < 4.78 is 5.65. The third-order valence-electron chi connectivity index (χ3n) is 4.13. The number of carboxylic acid groups (broad SMARTS) is 1. The number of urea groups is 1. The molecule has 1 fully saturated rings. The van der Waals surface area contributed by atoms with Gasteiger partial charge in [0.25, 0.3) is 0 Å². The van der Waals surface area contributed by atoms with Crippen molar-refractivity contribution in [3.8, 4) is 5.75 Å². The summed E-state index contributed by atoms with van der Waals surface area (Å²) in [5.74, 6) is 0.0666. The molecule has 1 aliphatic heterocycles. The van der Waals surface area contributed by atoms with Gasteiger partial charge in [0.2, 0.25) is 0 Å². The number of nitrogens with zero attached hydrogens (tertiary/aromatic N) is 1. The summed E-state index contributed by atoms with van der Waals surface area (Å²) in [5.41, 5.74) is 0.675. The van der Waals surface area contributed by atoms with E-state index in [-0.39, 0.29) is 12.6 Å². The number of benzene rings is 1. The quantitative estimate of drug-likeness (QED) is 0.835. The standard InChI is InChI=1S/C18H26N2O4/c1-13(2)9-11-24-16-7-5-15(6-8-16)19-18(23)20-10-3-4-14(12-20)17(21)22/h5-8,13-14H,3-4,9-12H2,1-2H3,(H,19,23)(H,21,22). The summed E-state index contributed by atoms with van der Waals surface area (Å²) in [6, 6.07) is 6.98. The molecule has 1 heterocycles. The summed E-state index contributed by atoms with van der Waals surface area (Å²) in [7, 11) is 0. The Morgan fingerprint density at radius 2 is 2.04 bits per heavy atom. The third-order valence-corrected chi connectivity index (χ3v) is 4.13. The minimum atomic E-state index is -0.838. The van der Waals surface area contributed by atoms with Crippen LogP contribution in [0.25, 0.3) is 0 Å². The largest absolute Gasteiger partial charge is 0.494 e. The molecule has 1 saturated heterocycles. The lowest BCUT2D eigenvalue weighted by atomic mass is 9.99. The molecular weight excluding hydrogens is 308 g/mol. The van der Waals surface area contributed by atoms with Crippen LogP contribution in [0.2, 0.25) is 0 Å². The van der Waals surface area contributed by atoms with Crippen molar-refractivity contribution in [1.82, 2.24) is 4.90 Å². The maximum absolute atomic E-state index is 12.3. The smallest absolute Gasteiger partial charge is 0.321 e. The topological polar surface area (TPSA) is 78.9 Å². The molecule has 6 nitrogen and oxygen atoms in total. The van der Waals surface area contributed by atoms with Crippen molar-refractivity contribution in [3.05, 3.63) is 24.3 Å². The lowest BCUT2D eigenvalue weighted by Crippen LogP contribution is -2.44. The fourth-order valence-electron chi connectivity index (χ4n) is 2.61. The van der Waals surface area contributed by atoms with Gasteiger partial charge in [0.05, 0.1) is 12.5 Å². The highest BCUT2D eigenvalue weighted by molar-refractivity contribution is 5.89. The van der Waals surface area contributed by atoms with Crippen molar-refractivity contribution in [2.24, 2.45) is 11.8 Å². The van der Waals surface area contributed by atoms with Crippen LogP contribution < -0.4 is 10.1 Å². The van der Waals surface area contributed by atoms with Gasteiger partial charge in [-0.05, 0) is 49.4 Å². The van der Waals surface area contributed by atoms with E-state index in [0.717, 1.165) is 12.2 Å². The Bertz CT molecular complexity index is 557. The first-order valence-corrected chi connectivity index (χ1v) is 8.47. The molecule has 0 aromatic heterocycles. The SMILES string of the molecule is CC(C)CCOc1ccc(NC(=O)N2CCCC(C(=O)O)C2)cc1. The Kier molecular flexibility index (Phi) is 6.46. The maximum Gasteiger partial charge on any atom is 0.321 e. The van der Waals surface area contributed by atoms with Crippen LogP contribution in [0.4, 0.5) is 10.5 Å². The number of hydrogen-bond donors (Lipinski definition) is 2. The molecule has 0 bridgehead atoms. The van der Waals surface area contributed by atoms with E-state index in [9.17, 15) is 9.59 Å². The zero-order valence-electron chi connectivity index (χ0n) is 14.3. The number of anilines is 1. The van der Waals surface area contributed by atoms with E-state index >= 15 is 0 Å². The summed E-state index contributed by atoms with van der Waals surface area (Å²) >= 11 is 0. The van der Waals surface area contributed by atoms with Crippen LogP contribution in [0.15, 0.2) is 24.3 Å². The zero-order chi connectivity index (χ0) is 17.5. The lowest BCUT2D eigenvalue weighted by Gasteiger charge is -2.30. The van der Waals surface area contributed by atoms with E-state index in [1.54, 1.807) is 17.0 Å². The van der Waals surface area contributed by atoms with Gasteiger partial charge in [-0.1, -0.05) is 13.8 Å². The summed E-state index contributed by atoms with van der Waals surface area (Å²) in [4.78, 5) is 24.9. The molecule has 1 atom stereocenters. The molecule has 1 aliphatic rings. The van der Waals surface area contributed by atoms with E-state index in [4.69, 9.17) is 9.84 Å². The molecule has 1 aromatic rings. The average molecular weight is 334 g/mol. The lowest BCUT2D eigenvalue weighted by molar-refractivity contribution is -0.143. The third kappa shape index (κ3) is 5.44. The molecule has 0 spiro atoms. The Hall–Kier alpha value is -2.24. The van der Waals surface area contributed by atoms with Gasteiger partial charge in [0, 0.05) is 18.8 Å². The number of aliphatic carboxylic acids is 1. The molecule has 132 valence electrons. The van der Waals surface area contributed by atoms with Crippen LogP contribution in [0.1, 0.15) is 33.1 Å². The number of nitrogens with one attached hydrogen (secondary N) is 1. The van der Waals surface area contributed by atoms with E-state index in [0.29, 0.717) is 37.6 Å². The van der Waals surface area contributed by atoms with Gasteiger partial charge in [0.15, 0.2) is 0 Å². The normalized spacial score (nSPS) is 17.6. The number of hydrogen-bond acceptors (Lipinski definition) is 3. The first-order chi connectivity index (χ1) is 11.5. The van der Waals surface area contributed by atoms with Crippen molar-refractivity contribution in [1.29, 1.82) is 0 Å². The minimum Gasteiger partial charge on any atom is -0.494 e. The number of ether oxygens (including phenoxy) is 1. The van der Waals surface area contributed by atoms with E-state index in [1.807, 2.05) is 12.1 Å². The zero-order valence-corrected chi connectivity index (χ0v) is 14.3. The molecule has 0 aliphatic carbocycles. The second-order valence-corrected chi connectivity index (χ2v) is 6.61. The highest BCUT2D eigenvalue weighted by atomic mass is 16.5. The second kappa shape index (κ2) is 8.57. The highest BCUT2D eigenvalue weighted by Gasteiger charge is 2.28. The Morgan fingerprint density at radius 1 is 1.33 bits per heavy atom. The average Bonchev–Trinajstić information content (AvgIpc) is 2.56. The molecule has 6 heteroatoms. The molecule has 1 unspecified atom stereocenters. The number of amides is 2. The first kappa shape index (κ1) is 18.1. The van der Waals surface area contributed by atoms with Crippen LogP contribution in [0.3, 0.4) is 0 Å². The minimum absolute atomic E-state index is 0.255. The number of carbonyl (C=O) groups is 2. The molecule has 0 saturated carbocycles. The van der Waals surface area contributed by atoms with Gasteiger partial charge in [-0.15, -0.1) is 0 Å². The van der Waals surface area contributed by atoms with Gasteiger partial charge in [-0.25, -0.2) is 4.79 Å². The van der Waals surface area contributed by atoms with E-state index in [2.05, 4.69) is 19.2 Å². The van der Waals surface area contributed by atoms with E-state index < -0.39 is 11.9 Å². The van der Waals surface area contributed by atoms with Gasteiger partial charge < -0.3 is 20.1 Å². The van der Waals surface area contributed by atoms with Crippen LogP contribution in [-0.4, -0.2) is 41.7 Å². The van der Waals surface area contributed by atoms with Crippen LogP contribution in [-0.2, 0) is 4.79 Å². The predicted molar refractivity (Wildman–Crippen MR) is 92.3 cm³/mol. The molecule has 2 rings (SSSR count). The Balaban J connectivity index is 1.84. The number of piperidine rings is 1. The van der Waals surface area contributed by atoms with Crippen LogP contribution in [0, 0.1) is 11.8 Å². The molecular formula is C18H26N2O4. The molecule has 0 radical (unpaired) electrons. The Morgan fingerprint density at radius 3 is 2.67 bits per heavy atom. The molecule has 1 aromatic carbocycles. The van der Waals surface area contributed by atoms with Gasteiger partial charge in [-0.2, -0.15) is 0 Å². The molecule has 2 N–H and O–H groups in total. The number of carboxylic acids is 1. The fourth-order valence-corrected chi connectivity index (χ4v) is 2.61. The van der Waals surface area contributed by atoms with Crippen LogP contribution >= 0.6 is 0 Å². The number of carbonyl (C=O) groups excluding carboxylic acids is 1. The van der Waals surface area contributed by atoms with Gasteiger partial charge >= 0.3 is 12.0 Å². The number of rotatable bonds is 6. The molecule has 24 heavy (non-hydrogen) atoms. The monoisotopic (exact) mass is 334 g/mol. The van der Waals surface area contributed by atoms with Crippen molar-refractivity contribution in [2.75, 3.05) is 25.0 Å². The van der Waals surface area contributed by atoms with E-state index in [1.165, 1.54) is 0 Å². The Labute approximate surface area is 142 Å². The maximum atomic E-state index is 12.3. The van der Waals surface area contributed by atoms with Crippen molar-refractivity contribution in [3.63, 3.8) is 0 Å². The predicted octanol–water partition coefficient (Wildman–Crippen LogP) is 3.44.